The van der Waals surface area contributed by atoms with Gasteiger partial charge in [-0.3, -0.25) is 4.90 Å². The number of nitrogens with zero attached hydrogens (tertiary/aromatic N) is 3. The Morgan fingerprint density at radius 1 is 1.28 bits per heavy atom. The summed E-state index contributed by atoms with van der Waals surface area (Å²) in [6, 6.07) is 0.394. The molecule has 3 rings (SSSR count). The second-order valence-corrected chi connectivity index (χ2v) is 6.87. The summed E-state index contributed by atoms with van der Waals surface area (Å²) in [5.41, 5.74) is 0. The zero-order chi connectivity index (χ0) is 12.6. The van der Waals surface area contributed by atoms with Gasteiger partial charge in [-0.25, -0.2) is 13.4 Å². The number of H-pyrrole nitrogens is 1. The van der Waals surface area contributed by atoms with Crippen LogP contribution in [0.15, 0.2) is 17.6 Å². The van der Waals surface area contributed by atoms with Gasteiger partial charge in [0.25, 0.3) is 10.0 Å². The third-order valence-electron chi connectivity index (χ3n) is 3.87. The molecule has 2 aliphatic heterocycles. The Hall–Kier alpha value is -0.920. The Labute approximate surface area is 107 Å². The van der Waals surface area contributed by atoms with E-state index in [-0.39, 0.29) is 5.03 Å². The predicted octanol–water partition coefficient (Wildman–Crippen LogP) is 0.268. The van der Waals surface area contributed by atoms with Crippen LogP contribution in [0.5, 0.6) is 0 Å². The first-order valence-corrected chi connectivity index (χ1v) is 7.84. The van der Waals surface area contributed by atoms with E-state index in [1.54, 1.807) is 4.31 Å². The lowest BCUT2D eigenvalue weighted by Crippen LogP contribution is -2.37. The van der Waals surface area contributed by atoms with E-state index in [4.69, 9.17) is 0 Å². The highest BCUT2D eigenvalue weighted by molar-refractivity contribution is 7.89. The van der Waals surface area contributed by atoms with Gasteiger partial charge in [-0.2, -0.15) is 4.31 Å². The molecule has 2 fully saturated rings. The highest BCUT2D eigenvalue weighted by Gasteiger charge is 2.36. The fourth-order valence-electron chi connectivity index (χ4n) is 2.86. The van der Waals surface area contributed by atoms with E-state index in [0.717, 1.165) is 19.5 Å². The molecule has 7 heteroatoms. The van der Waals surface area contributed by atoms with Crippen LogP contribution in [-0.2, 0) is 10.0 Å². The average Bonchev–Trinajstić information content (AvgIpc) is 3.12. The van der Waals surface area contributed by atoms with Crippen molar-refractivity contribution in [2.24, 2.45) is 0 Å². The second kappa shape index (κ2) is 4.64. The molecule has 1 aromatic heterocycles. The minimum atomic E-state index is -3.37. The van der Waals surface area contributed by atoms with E-state index in [0.29, 0.717) is 19.1 Å². The average molecular weight is 270 g/mol. The molecule has 1 N–H and O–H groups in total. The van der Waals surface area contributed by atoms with E-state index in [1.807, 2.05) is 0 Å². The number of sulfonamides is 1. The zero-order valence-corrected chi connectivity index (χ0v) is 11.1. The van der Waals surface area contributed by atoms with Crippen LogP contribution >= 0.6 is 0 Å². The van der Waals surface area contributed by atoms with Crippen LogP contribution in [0.1, 0.15) is 19.3 Å². The molecule has 1 atom stereocenters. The molecule has 0 spiro atoms. The highest BCUT2D eigenvalue weighted by Crippen LogP contribution is 2.24. The Morgan fingerprint density at radius 2 is 2.06 bits per heavy atom. The largest absolute Gasteiger partial charge is 0.335 e. The molecule has 18 heavy (non-hydrogen) atoms. The standard InChI is InChI=1S/C11H18N4O2S/c16-18(17,11-7-12-9-13-11)15-6-3-10(8-15)14-4-1-2-5-14/h7,9-10H,1-6,8H2,(H,12,13). The third kappa shape index (κ3) is 2.06. The summed E-state index contributed by atoms with van der Waals surface area (Å²) in [5.74, 6) is 0. The van der Waals surface area contributed by atoms with E-state index >= 15 is 0 Å². The van der Waals surface area contributed by atoms with Gasteiger partial charge in [0.2, 0.25) is 0 Å². The number of imidazole rings is 1. The topological polar surface area (TPSA) is 69.3 Å². The summed E-state index contributed by atoms with van der Waals surface area (Å²) in [5, 5.41) is 0.199. The Morgan fingerprint density at radius 3 is 2.72 bits per heavy atom. The summed E-state index contributed by atoms with van der Waals surface area (Å²) < 4.78 is 26.2. The van der Waals surface area contributed by atoms with Crippen molar-refractivity contribution >= 4 is 10.0 Å². The summed E-state index contributed by atoms with van der Waals surface area (Å²) in [6.45, 7) is 3.45. The van der Waals surface area contributed by atoms with Crippen LogP contribution in [0.4, 0.5) is 0 Å². The van der Waals surface area contributed by atoms with Crippen molar-refractivity contribution in [2.45, 2.75) is 30.3 Å². The Kier molecular flexibility index (Phi) is 3.13. The number of nitrogens with one attached hydrogen (secondary N) is 1. The van der Waals surface area contributed by atoms with Gasteiger partial charge in [0.1, 0.15) is 0 Å². The first-order chi connectivity index (χ1) is 8.68. The number of hydrogen-bond donors (Lipinski definition) is 1. The number of aromatic amines is 1. The van der Waals surface area contributed by atoms with Crippen molar-refractivity contribution in [1.82, 2.24) is 19.2 Å². The fourth-order valence-corrected chi connectivity index (χ4v) is 4.24. The molecule has 100 valence electrons. The van der Waals surface area contributed by atoms with Crippen molar-refractivity contribution in [1.29, 1.82) is 0 Å². The molecule has 0 amide bonds. The first-order valence-electron chi connectivity index (χ1n) is 6.40. The minimum absolute atomic E-state index is 0.199. The normalized spacial score (nSPS) is 27.0. The molecular weight excluding hydrogens is 252 g/mol. The van der Waals surface area contributed by atoms with E-state index in [1.165, 1.54) is 25.4 Å². The van der Waals surface area contributed by atoms with E-state index < -0.39 is 10.0 Å². The van der Waals surface area contributed by atoms with Gasteiger partial charge in [0.15, 0.2) is 5.03 Å². The second-order valence-electron chi connectivity index (χ2n) is 4.96. The molecule has 0 radical (unpaired) electrons. The van der Waals surface area contributed by atoms with Gasteiger partial charge in [-0.1, -0.05) is 0 Å². The molecule has 0 aromatic carbocycles. The van der Waals surface area contributed by atoms with E-state index in [9.17, 15) is 8.42 Å². The van der Waals surface area contributed by atoms with Crippen LogP contribution in [0.2, 0.25) is 0 Å². The predicted molar refractivity (Wildman–Crippen MR) is 66.6 cm³/mol. The Balaban J connectivity index is 1.72. The van der Waals surface area contributed by atoms with Crippen molar-refractivity contribution in [3.8, 4) is 0 Å². The lowest BCUT2D eigenvalue weighted by molar-refractivity contribution is 0.251. The van der Waals surface area contributed by atoms with E-state index in [2.05, 4.69) is 14.9 Å². The molecular formula is C11H18N4O2S. The molecule has 3 heterocycles. The SMILES string of the molecule is O=S(=O)(c1cnc[nH]1)N1CCC(N2CCCC2)C1. The van der Waals surface area contributed by atoms with Crippen LogP contribution < -0.4 is 0 Å². The van der Waals surface area contributed by atoms with Crippen molar-refractivity contribution < 1.29 is 8.42 Å². The maximum absolute atomic E-state index is 12.3. The highest BCUT2D eigenvalue weighted by atomic mass is 32.2. The van der Waals surface area contributed by atoms with Crippen LogP contribution in [0.25, 0.3) is 0 Å². The maximum atomic E-state index is 12.3. The van der Waals surface area contributed by atoms with Gasteiger partial charge >= 0.3 is 0 Å². The van der Waals surface area contributed by atoms with Crippen LogP contribution in [0.3, 0.4) is 0 Å². The molecule has 6 nitrogen and oxygen atoms in total. The van der Waals surface area contributed by atoms with Crippen LogP contribution in [0, 0.1) is 0 Å². The molecule has 1 unspecified atom stereocenters. The lowest BCUT2D eigenvalue weighted by atomic mass is 10.2. The fraction of sp³-hybridized carbons (Fsp3) is 0.727. The monoisotopic (exact) mass is 270 g/mol. The summed E-state index contributed by atoms with van der Waals surface area (Å²) in [6.07, 6.45) is 6.19. The molecule has 2 aliphatic rings. The quantitative estimate of drug-likeness (QED) is 0.856. The third-order valence-corrected chi connectivity index (χ3v) is 5.66. The minimum Gasteiger partial charge on any atom is -0.335 e. The number of aromatic nitrogens is 2. The smallest absolute Gasteiger partial charge is 0.260 e. The van der Waals surface area contributed by atoms with Gasteiger partial charge in [0, 0.05) is 19.1 Å². The molecule has 0 saturated carbocycles. The summed E-state index contributed by atoms with van der Waals surface area (Å²) >= 11 is 0. The Bertz CT molecular complexity index is 493. The number of likely N-dealkylation sites (tertiary alicyclic amines) is 1. The molecule has 2 saturated heterocycles. The summed E-state index contributed by atoms with van der Waals surface area (Å²) in [4.78, 5) is 8.89. The molecule has 0 aliphatic carbocycles. The first kappa shape index (κ1) is 12.1. The van der Waals surface area contributed by atoms with Crippen molar-refractivity contribution in [2.75, 3.05) is 26.2 Å². The van der Waals surface area contributed by atoms with Crippen molar-refractivity contribution in [3.63, 3.8) is 0 Å². The zero-order valence-electron chi connectivity index (χ0n) is 10.2. The number of rotatable bonds is 3. The maximum Gasteiger partial charge on any atom is 0.260 e. The molecule has 0 bridgehead atoms. The summed E-state index contributed by atoms with van der Waals surface area (Å²) in [7, 11) is -3.37. The van der Waals surface area contributed by atoms with Crippen molar-refractivity contribution in [3.05, 3.63) is 12.5 Å². The van der Waals surface area contributed by atoms with Gasteiger partial charge in [0.05, 0.1) is 12.5 Å². The molecule has 1 aromatic rings. The van der Waals surface area contributed by atoms with Gasteiger partial charge < -0.3 is 4.98 Å². The lowest BCUT2D eigenvalue weighted by Gasteiger charge is -2.23. The number of hydrogen-bond acceptors (Lipinski definition) is 4. The van der Waals surface area contributed by atoms with Gasteiger partial charge in [-0.05, 0) is 32.4 Å². The van der Waals surface area contributed by atoms with Crippen LogP contribution in [-0.4, -0.2) is 59.8 Å². The van der Waals surface area contributed by atoms with Gasteiger partial charge in [-0.15, -0.1) is 0 Å².